The highest BCUT2D eigenvalue weighted by molar-refractivity contribution is 8.02. The number of aliphatic hydroxyl groups excluding tert-OH is 1. The van der Waals surface area contributed by atoms with Gasteiger partial charge >= 0.3 is 0 Å². The molecule has 0 saturated carbocycles. The summed E-state index contributed by atoms with van der Waals surface area (Å²) in [5, 5.41) is 12.5. The first kappa shape index (κ1) is 29.6. The summed E-state index contributed by atoms with van der Waals surface area (Å²) in [6.07, 6.45) is 0. The van der Waals surface area contributed by atoms with Gasteiger partial charge in [0.25, 0.3) is 0 Å². The molecule has 1 saturated heterocycles. The van der Waals surface area contributed by atoms with Crippen molar-refractivity contribution in [1.29, 1.82) is 0 Å². The van der Waals surface area contributed by atoms with Crippen LogP contribution in [0, 0.1) is 0 Å². The van der Waals surface area contributed by atoms with Crippen molar-refractivity contribution in [3.8, 4) is 11.5 Å². The smallest absolute Gasteiger partial charge is 0.199 e. The molecule has 1 fully saturated rings. The van der Waals surface area contributed by atoms with Gasteiger partial charge in [0.05, 0.1) is 14.2 Å². The molecule has 0 aromatic heterocycles. The average molecular weight is 537 g/mol. The van der Waals surface area contributed by atoms with Crippen LogP contribution in [0.4, 0.5) is 5.69 Å². The molecular formula is C23H32Cl3N3O3S. The van der Waals surface area contributed by atoms with Gasteiger partial charge in [-0.25, -0.2) is 0 Å². The Labute approximate surface area is 219 Å². The molecule has 184 valence electrons. The van der Waals surface area contributed by atoms with E-state index in [4.69, 9.17) is 9.47 Å². The minimum absolute atomic E-state index is 0. The second-order valence-corrected chi connectivity index (χ2v) is 8.61. The van der Waals surface area contributed by atoms with Gasteiger partial charge in [-0.2, -0.15) is 0 Å². The molecule has 1 unspecified atom stereocenters. The summed E-state index contributed by atoms with van der Waals surface area (Å²) in [6.45, 7) is 5.15. The third-order valence-corrected chi connectivity index (χ3v) is 6.81. The number of ether oxygens (including phenoxy) is 2. The van der Waals surface area contributed by atoms with E-state index in [0.717, 1.165) is 44.0 Å². The standard InChI is InChI=1S/C23H29N3O3S.3ClH/c1-24-10-12-25(13-11-24)15-18-6-4-5-7-19(18)26-22(27)16-30-23(26)17-8-9-20(28-2)21(14-17)29-3;;;/h4-9,14,16,23,27H,10-13,15H2,1-3H3;3*1H. The van der Waals surface area contributed by atoms with Crippen molar-refractivity contribution in [3.05, 3.63) is 64.9 Å². The maximum Gasteiger partial charge on any atom is 0.199 e. The van der Waals surface area contributed by atoms with Crippen molar-refractivity contribution in [3.63, 3.8) is 0 Å². The highest BCUT2D eigenvalue weighted by atomic mass is 35.5. The molecular weight excluding hydrogens is 505 g/mol. The normalized spacial score (nSPS) is 18.5. The second kappa shape index (κ2) is 13.4. The van der Waals surface area contributed by atoms with Crippen LogP contribution in [0.25, 0.3) is 0 Å². The maximum atomic E-state index is 10.8. The Bertz CT molecular complexity index is 927. The minimum Gasteiger partial charge on any atom is -0.494 e. The van der Waals surface area contributed by atoms with Gasteiger partial charge in [-0.15, -0.1) is 37.2 Å². The third-order valence-electron chi connectivity index (χ3n) is 5.72. The monoisotopic (exact) mass is 535 g/mol. The van der Waals surface area contributed by atoms with Gasteiger partial charge in [-0.3, -0.25) is 9.80 Å². The number of para-hydroxylation sites is 1. The second-order valence-electron chi connectivity index (χ2n) is 7.66. The summed E-state index contributed by atoms with van der Waals surface area (Å²) in [5.74, 6) is 1.65. The van der Waals surface area contributed by atoms with E-state index >= 15 is 0 Å². The van der Waals surface area contributed by atoms with Crippen molar-refractivity contribution in [2.45, 2.75) is 11.9 Å². The van der Waals surface area contributed by atoms with Crippen molar-refractivity contribution >= 4 is 54.7 Å². The van der Waals surface area contributed by atoms with Crippen LogP contribution in [0.1, 0.15) is 16.5 Å². The first-order valence-corrected chi connectivity index (χ1v) is 11.1. The zero-order valence-corrected chi connectivity index (χ0v) is 22.2. The zero-order chi connectivity index (χ0) is 21.1. The van der Waals surface area contributed by atoms with Crippen LogP contribution < -0.4 is 14.4 Å². The number of anilines is 1. The summed E-state index contributed by atoms with van der Waals surface area (Å²) in [5.41, 5.74) is 3.30. The summed E-state index contributed by atoms with van der Waals surface area (Å²) in [4.78, 5) is 6.85. The van der Waals surface area contributed by atoms with Crippen LogP contribution in [-0.2, 0) is 6.54 Å². The fraction of sp³-hybridized carbons (Fsp3) is 0.391. The van der Waals surface area contributed by atoms with Gasteiger partial charge in [0.2, 0.25) is 0 Å². The van der Waals surface area contributed by atoms with E-state index in [1.807, 2.05) is 34.6 Å². The number of halogens is 3. The van der Waals surface area contributed by atoms with E-state index in [1.54, 1.807) is 26.0 Å². The largest absolute Gasteiger partial charge is 0.494 e. The van der Waals surface area contributed by atoms with E-state index in [1.165, 1.54) is 5.56 Å². The Morgan fingerprint density at radius 1 is 0.939 bits per heavy atom. The highest BCUT2D eigenvalue weighted by Gasteiger charge is 2.32. The number of thioether (sulfide) groups is 1. The number of aliphatic hydroxyl groups is 1. The Morgan fingerprint density at radius 2 is 1.61 bits per heavy atom. The quantitative estimate of drug-likeness (QED) is 0.536. The SMILES string of the molecule is COc1ccc(C2SC=C(O)N2c2ccccc2CN2CCN(C)CC2)cc1OC.Cl.Cl.Cl. The molecule has 2 aromatic rings. The zero-order valence-electron chi connectivity index (χ0n) is 19.0. The number of likely N-dealkylation sites (N-methyl/N-ethyl adjacent to an activating group) is 1. The predicted octanol–water partition coefficient (Wildman–Crippen LogP) is 5.33. The number of piperazine rings is 1. The third kappa shape index (κ3) is 6.56. The van der Waals surface area contributed by atoms with Gasteiger partial charge in [-0.05, 0) is 36.4 Å². The minimum atomic E-state index is -0.0709. The number of hydrogen-bond acceptors (Lipinski definition) is 7. The number of nitrogens with zero attached hydrogens (tertiary/aromatic N) is 3. The molecule has 2 aliphatic rings. The Hall–Kier alpha value is -1.48. The lowest BCUT2D eigenvalue weighted by molar-refractivity contribution is 0.148. The number of hydrogen-bond donors (Lipinski definition) is 1. The van der Waals surface area contributed by atoms with Crippen molar-refractivity contribution in [2.24, 2.45) is 0 Å². The molecule has 6 nitrogen and oxygen atoms in total. The number of methoxy groups -OCH3 is 2. The van der Waals surface area contributed by atoms with Crippen LogP contribution in [0.2, 0.25) is 0 Å². The van der Waals surface area contributed by atoms with E-state index in [-0.39, 0.29) is 48.5 Å². The predicted molar refractivity (Wildman–Crippen MR) is 144 cm³/mol. The van der Waals surface area contributed by atoms with Crippen LogP contribution in [0.3, 0.4) is 0 Å². The Balaban J connectivity index is 0.00000181. The highest BCUT2D eigenvalue weighted by Crippen LogP contribution is 2.47. The molecule has 0 aliphatic carbocycles. The average Bonchev–Trinajstić information content (AvgIpc) is 3.16. The Morgan fingerprint density at radius 3 is 2.27 bits per heavy atom. The van der Waals surface area contributed by atoms with Gasteiger partial charge in [0.15, 0.2) is 17.4 Å². The van der Waals surface area contributed by atoms with E-state index in [9.17, 15) is 5.11 Å². The first-order chi connectivity index (χ1) is 14.6. The van der Waals surface area contributed by atoms with Crippen molar-refractivity contribution in [1.82, 2.24) is 9.80 Å². The molecule has 1 atom stereocenters. The molecule has 10 heteroatoms. The lowest BCUT2D eigenvalue weighted by Crippen LogP contribution is -2.44. The van der Waals surface area contributed by atoms with E-state index in [0.29, 0.717) is 11.5 Å². The maximum absolute atomic E-state index is 10.8. The molecule has 0 amide bonds. The lowest BCUT2D eigenvalue weighted by atomic mass is 10.1. The van der Waals surface area contributed by atoms with Crippen LogP contribution in [0.5, 0.6) is 11.5 Å². The van der Waals surface area contributed by atoms with Crippen LogP contribution >= 0.6 is 49.0 Å². The van der Waals surface area contributed by atoms with E-state index < -0.39 is 0 Å². The van der Waals surface area contributed by atoms with Gasteiger partial charge in [-0.1, -0.05) is 36.0 Å². The fourth-order valence-corrected chi connectivity index (χ4v) is 4.98. The number of rotatable bonds is 6. The summed E-state index contributed by atoms with van der Waals surface area (Å²) in [6, 6.07) is 14.3. The molecule has 2 heterocycles. The van der Waals surface area contributed by atoms with Crippen molar-refractivity contribution in [2.75, 3.05) is 52.3 Å². The molecule has 0 spiro atoms. The first-order valence-electron chi connectivity index (χ1n) is 10.1. The van der Waals surface area contributed by atoms with Gasteiger partial charge in [0.1, 0.15) is 5.37 Å². The van der Waals surface area contributed by atoms with E-state index in [2.05, 4.69) is 35.0 Å². The van der Waals surface area contributed by atoms with Gasteiger partial charge < -0.3 is 19.5 Å². The molecule has 33 heavy (non-hydrogen) atoms. The summed E-state index contributed by atoms with van der Waals surface area (Å²) < 4.78 is 10.9. The number of benzene rings is 2. The summed E-state index contributed by atoms with van der Waals surface area (Å²) in [7, 11) is 5.45. The molecule has 2 aliphatic heterocycles. The molecule has 0 radical (unpaired) electrons. The van der Waals surface area contributed by atoms with Crippen molar-refractivity contribution < 1.29 is 14.6 Å². The lowest BCUT2D eigenvalue weighted by Gasteiger charge is -2.34. The molecule has 2 aromatic carbocycles. The fourth-order valence-electron chi connectivity index (χ4n) is 3.97. The Kier molecular flexibility index (Phi) is 12.0. The topological polar surface area (TPSA) is 48.4 Å². The summed E-state index contributed by atoms with van der Waals surface area (Å²) >= 11 is 1.59. The molecule has 1 N–H and O–H groups in total. The van der Waals surface area contributed by atoms with Crippen LogP contribution in [0.15, 0.2) is 53.8 Å². The molecule has 0 bridgehead atoms. The molecule has 4 rings (SSSR count). The van der Waals surface area contributed by atoms with Gasteiger partial charge in [0, 0.05) is 43.8 Å². The van der Waals surface area contributed by atoms with Crippen LogP contribution in [-0.4, -0.2) is 62.4 Å².